The predicted octanol–water partition coefficient (Wildman–Crippen LogP) is 14.8. The lowest BCUT2D eigenvalue weighted by atomic mass is 10.0. The van der Waals surface area contributed by atoms with Gasteiger partial charge < -0.3 is 28.8 Å². The standard InChI is InChI=1S/C53H103N2O6P/c1-6-8-10-12-14-16-18-20-22-23-24-25-26-27-28-29-30-31-33-35-37-39-41-43-45-47-53(57)54-51(50-61-62(58,59)60-49-48-55(3,4)5)52(56)46-44-42-40-38-36-34-32-21-19-17-15-13-11-9-7-2/h18,20,23-24,44,46,51-52,56H,6-17,19,21-22,25-43,45,47-50H2,1-5H3,(H-,54,57,58,59)/b20-18-,24-23-,46-44+. The van der Waals surface area contributed by atoms with Crippen molar-refractivity contribution < 1.29 is 32.9 Å². The first-order chi connectivity index (χ1) is 30.0. The fraction of sp³-hybridized carbons (Fsp3) is 0.868. The van der Waals surface area contributed by atoms with Gasteiger partial charge in [-0.15, -0.1) is 0 Å². The summed E-state index contributed by atoms with van der Waals surface area (Å²) in [5.41, 5.74) is 0. The molecule has 0 aliphatic heterocycles. The van der Waals surface area contributed by atoms with Gasteiger partial charge in [-0.25, -0.2) is 0 Å². The van der Waals surface area contributed by atoms with Crippen LogP contribution in [0.3, 0.4) is 0 Å². The van der Waals surface area contributed by atoms with Gasteiger partial charge in [0, 0.05) is 6.42 Å². The molecular formula is C53H103N2O6P. The molecule has 0 fully saturated rings. The summed E-state index contributed by atoms with van der Waals surface area (Å²) in [4.78, 5) is 25.4. The average Bonchev–Trinajstić information content (AvgIpc) is 3.23. The van der Waals surface area contributed by atoms with Crippen molar-refractivity contribution in [1.29, 1.82) is 0 Å². The molecule has 0 heterocycles. The Morgan fingerprint density at radius 2 is 0.935 bits per heavy atom. The number of aliphatic hydroxyl groups excluding tert-OH is 1. The quantitative estimate of drug-likeness (QED) is 0.0273. The fourth-order valence-electron chi connectivity index (χ4n) is 7.65. The lowest BCUT2D eigenvalue weighted by Gasteiger charge is -2.29. The number of hydrogen-bond donors (Lipinski definition) is 2. The van der Waals surface area contributed by atoms with Crippen LogP contribution in [0.4, 0.5) is 0 Å². The number of rotatable bonds is 48. The molecule has 3 unspecified atom stereocenters. The molecule has 0 spiro atoms. The van der Waals surface area contributed by atoms with Gasteiger partial charge in [0.25, 0.3) is 7.82 Å². The number of likely N-dealkylation sites (N-methyl/N-ethyl adjacent to an activating group) is 1. The SMILES string of the molecule is CCCCCCC/C=C\C/C=C\CCCCCCCCCCCCCCCC(=O)NC(COP(=O)([O-])OCC[N+](C)(C)C)C(O)/C=C/CCCCCCCCCCCCCCC. The van der Waals surface area contributed by atoms with E-state index in [0.717, 1.165) is 44.9 Å². The van der Waals surface area contributed by atoms with Crippen molar-refractivity contribution in [2.45, 2.75) is 257 Å². The predicted molar refractivity (Wildman–Crippen MR) is 265 cm³/mol. The summed E-state index contributed by atoms with van der Waals surface area (Å²) in [6.07, 6.45) is 56.3. The first-order valence-electron chi connectivity index (χ1n) is 26.4. The normalized spacial score (nSPS) is 14.4. The van der Waals surface area contributed by atoms with Crippen molar-refractivity contribution in [3.63, 3.8) is 0 Å². The molecule has 0 saturated carbocycles. The van der Waals surface area contributed by atoms with Crippen LogP contribution in [-0.4, -0.2) is 68.5 Å². The van der Waals surface area contributed by atoms with E-state index < -0.39 is 20.0 Å². The molecule has 62 heavy (non-hydrogen) atoms. The molecule has 0 saturated heterocycles. The van der Waals surface area contributed by atoms with E-state index in [2.05, 4.69) is 43.5 Å². The van der Waals surface area contributed by atoms with E-state index in [-0.39, 0.29) is 19.1 Å². The van der Waals surface area contributed by atoms with Gasteiger partial charge in [-0.2, -0.15) is 0 Å². The van der Waals surface area contributed by atoms with E-state index in [4.69, 9.17) is 9.05 Å². The molecule has 1 amide bonds. The van der Waals surface area contributed by atoms with Crippen LogP contribution >= 0.6 is 7.82 Å². The van der Waals surface area contributed by atoms with Crippen LogP contribution in [0.5, 0.6) is 0 Å². The topological polar surface area (TPSA) is 108 Å². The summed E-state index contributed by atoms with van der Waals surface area (Å²) < 4.78 is 23.3. The largest absolute Gasteiger partial charge is 0.756 e. The molecule has 0 radical (unpaired) electrons. The minimum atomic E-state index is -4.59. The minimum absolute atomic E-state index is 0.000538. The molecule has 9 heteroatoms. The first-order valence-corrected chi connectivity index (χ1v) is 27.8. The van der Waals surface area contributed by atoms with E-state index >= 15 is 0 Å². The van der Waals surface area contributed by atoms with E-state index in [0.29, 0.717) is 17.4 Å². The Labute approximate surface area is 385 Å². The Morgan fingerprint density at radius 3 is 1.34 bits per heavy atom. The van der Waals surface area contributed by atoms with Gasteiger partial charge in [-0.05, 0) is 51.4 Å². The maximum atomic E-state index is 12.9. The van der Waals surface area contributed by atoms with Crippen LogP contribution in [-0.2, 0) is 18.4 Å². The highest BCUT2D eigenvalue weighted by molar-refractivity contribution is 7.45. The molecule has 0 aliphatic rings. The Balaban J connectivity index is 4.22. The molecule has 366 valence electrons. The first kappa shape index (κ1) is 60.7. The Kier molecular flexibility index (Phi) is 44.0. The number of nitrogens with zero attached hydrogens (tertiary/aromatic N) is 1. The fourth-order valence-corrected chi connectivity index (χ4v) is 8.38. The molecular weight excluding hydrogens is 792 g/mol. The summed E-state index contributed by atoms with van der Waals surface area (Å²) in [5.74, 6) is -0.197. The summed E-state index contributed by atoms with van der Waals surface area (Å²) in [6, 6.07) is -0.885. The van der Waals surface area contributed by atoms with Gasteiger partial charge in [0.2, 0.25) is 5.91 Å². The smallest absolute Gasteiger partial charge is 0.268 e. The molecule has 8 nitrogen and oxygen atoms in total. The van der Waals surface area contributed by atoms with Crippen LogP contribution < -0.4 is 10.2 Å². The minimum Gasteiger partial charge on any atom is -0.756 e. The summed E-state index contributed by atoms with van der Waals surface area (Å²) in [6.45, 7) is 4.65. The second-order valence-electron chi connectivity index (χ2n) is 19.2. The van der Waals surface area contributed by atoms with E-state index in [1.807, 2.05) is 27.2 Å². The maximum Gasteiger partial charge on any atom is 0.268 e. The molecule has 0 rings (SSSR count). The van der Waals surface area contributed by atoms with Crippen molar-refractivity contribution in [2.75, 3.05) is 40.9 Å². The van der Waals surface area contributed by atoms with Crippen molar-refractivity contribution in [3.05, 3.63) is 36.5 Å². The van der Waals surface area contributed by atoms with Gasteiger partial charge >= 0.3 is 0 Å². The van der Waals surface area contributed by atoms with Crippen LogP contribution in [0.25, 0.3) is 0 Å². The highest BCUT2D eigenvalue weighted by atomic mass is 31.2. The summed E-state index contributed by atoms with van der Waals surface area (Å²) in [7, 11) is 1.26. The van der Waals surface area contributed by atoms with Gasteiger partial charge in [0.05, 0.1) is 39.9 Å². The van der Waals surface area contributed by atoms with Gasteiger partial charge in [0.15, 0.2) is 0 Å². The van der Waals surface area contributed by atoms with Crippen molar-refractivity contribution in [3.8, 4) is 0 Å². The van der Waals surface area contributed by atoms with Crippen molar-refractivity contribution in [2.24, 2.45) is 0 Å². The second-order valence-corrected chi connectivity index (χ2v) is 20.6. The molecule has 0 aliphatic carbocycles. The number of nitrogens with one attached hydrogen (secondary N) is 1. The monoisotopic (exact) mass is 895 g/mol. The third-order valence-corrected chi connectivity index (χ3v) is 12.8. The summed E-state index contributed by atoms with van der Waals surface area (Å²) in [5, 5.41) is 13.8. The third-order valence-electron chi connectivity index (χ3n) is 11.8. The zero-order valence-electron chi connectivity index (χ0n) is 41.6. The van der Waals surface area contributed by atoms with E-state index in [1.54, 1.807) is 6.08 Å². The zero-order chi connectivity index (χ0) is 45.7. The number of unbranched alkanes of at least 4 members (excludes halogenated alkanes) is 31. The number of amides is 1. The Bertz CT molecular complexity index is 1110. The molecule has 0 aromatic heterocycles. The zero-order valence-corrected chi connectivity index (χ0v) is 42.5. The lowest BCUT2D eigenvalue weighted by Crippen LogP contribution is -2.45. The molecule has 0 aromatic carbocycles. The van der Waals surface area contributed by atoms with Crippen LogP contribution in [0, 0.1) is 0 Å². The lowest BCUT2D eigenvalue weighted by molar-refractivity contribution is -0.870. The summed E-state index contributed by atoms with van der Waals surface area (Å²) >= 11 is 0. The Hall–Kier alpha value is -1.28. The molecule has 0 aromatic rings. The number of carbonyl (C=O) groups is 1. The highest BCUT2D eigenvalue weighted by Gasteiger charge is 2.23. The number of aliphatic hydroxyl groups is 1. The third kappa shape index (κ3) is 46.7. The number of carbonyl (C=O) groups excluding carboxylic acids is 1. The van der Waals surface area contributed by atoms with Gasteiger partial charge in [0.1, 0.15) is 13.2 Å². The number of phosphoric ester groups is 1. The second kappa shape index (κ2) is 44.9. The number of hydrogen-bond acceptors (Lipinski definition) is 6. The highest BCUT2D eigenvalue weighted by Crippen LogP contribution is 2.38. The average molecular weight is 895 g/mol. The van der Waals surface area contributed by atoms with E-state index in [1.165, 1.54) is 180 Å². The van der Waals surface area contributed by atoms with Crippen molar-refractivity contribution in [1.82, 2.24) is 5.32 Å². The maximum absolute atomic E-state index is 12.9. The number of phosphoric acid groups is 1. The van der Waals surface area contributed by atoms with Crippen molar-refractivity contribution >= 4 is 13.7 Å². The van der Waals surface area contributed by atoms with Crippen LogP contribution in [0.1, 0.15) is 245 Å². The van der Waals surface area contributed by atoms with Crippen LogP contribution in [0.15, 0.2) is 36.5 Å². The molecule has 2 N–H and O–H groups in total. The number of allylic oxidation sites excluding steroid dienone is 5. The molecule has 0 bridgehead atoms. The van der Waals surface area contributed by atoms with Crippen LogP contribution in [0.2, 0.25) is 0 Å². The van der Waals surface area contributed by atoms with Gasteiger partial charge in [-0.3, -0.25) is 9.36 Å². The number of quaternary nitrogens is 1. The molecule has 3 atom stereocenters. The Morgan fingerprint density at radius 1 is 0.565 bits per heavy atom. The van der Waals surface area contributed by atoms with E-state index in [9.17, 15) is 19.4 Å². The van der Waals surface area contributed by atoms with Gasteiger partial charge in [-0.1, -0.05) is 224 Å².